The van der Waals surface area contributed by atoms with Crippen molar-refractivity contribution < 1.29 is 22.7 Å². The number of nitrogens with two attached hydrogens (primary N) is 2. The van der Waals surface area contributed by atoms with Gasteiger partial charge in [0.25, 0.3) is 11.5 Å². The highest BCUT2D eigenvalue weighted by Gasteiger charge is 2.49. The van der Waals surface area contributed by atoms with Crippen LogP contribution in [-0.4, -0.2) is 64.2 Å². The molecule has 1 amide bonds. The lowest BCUT2D eigenvalue weighted by atomic mass is 9.95. The van der Waals surface area contributed by atoms with E-state index in [0.29, 0.717) is 13.0 Å². The lowest BCUT2D eigenvalue weighted by molar-refractivity contribution is 0.100. The minimum atomic E-state index is -0.957. The highest BCUT2D eigenvalue weighted by Crippen LogP contribution is 2.42. The number of nitrogen functional groups attached to an aromatic ring is 1. The molecule has 5 heterocycles. The van der Waals surface area contributed by atoms with E-state index in [1.54, 1.807) is 0 Å². The van der Waals surface area contributed by atoms with Crippen molar-refractivity contribution in [2.24, 2.45) is 5.73 Å². The van der Waals surface area contributed by atoms with Crippen LogP contribution in [0.15, 0.2) is 16.9 Å². The molecule has 2 aliphatic heterocycles. The number of nitrogens with zero attached hydrogens (tertiary/aromatic N) is 3. The van der Waals surface area contributed by atoms with E-state index in [2.05, 4.69) is 25.2 Å². The van der Waals surface area contributed by atoms with Crippen molar-refractivity contribution in [3.8, 4) is 17.3 Å². The number of H-pyrrole nitrogens is 1. The molecule has 2 fully saturated rings. The first kappa shape index (κ1) is 25.4. The Bertz CT molecular complexity index is 1730. The average Bonchev–Trinajstić information content (AvgIpc) is 3.54. The number of primary amides is 1. The number of thiophene rings is 1. The van der Waals surface area contributed by atoms with Crippen LogP contribution in [0.1, 0.15) is 29.6 Å². The van der Waals surface area contributed by atoms with Crippen LogP contribution < -0.4 is 27.1 Å². The molecule has 204 valence electrons. The van der Waals surface area contributed by atoms with Gasteiger partial charge >= 0.3 is 6.01 Å². The maximum Gasteiger partial charge on any atom is 0.319 e. The summed E-state index contributed by atoms with van der Waals surface area (Å²) in [5.74, 6) is -2.53. The summed E-state index contributed by atoms with van der Waals surface area (Å²) in [6, 6.07) is 2.13. The number of anilines is 2. The van der Waals surface area contributed by atoms with Crippen molar-refractivity contribution in [2.45, 2.75) is 31.0 Å². The van der Waals surface area contributed by atoms with E-state index in [9.17, 15) is 18.4 Å². The molecular weight excluding hydrogens is 535 g/mol. The number of hydrogen-bond acceptors (Lipinski definition) is 9. The Hall–Kier alpha value is -3.91. The Morgan fingerprint density at radius 2 is 2.13 bits per heavy atom. The van der Waals surface area contributed by atoms with Crippen molar-refractivity contribution in [3.05, 3.63) is 39.7 Å². The topological polar surface area (TPSA) is 152 Å². The fraction of sp³-hybridized carbons (Fsp3) is 0.360. The van der Waals surface area contributed by atoms with Crippen LogP contribution in [0.25, 0.3) is 32.2 Å². The number of carbonyl (C=O) groups excluding carboxylic acids is 1. The van der Waals surface area contributed by atoms with Gasteiger partial charge in [-0.25, -0.2) is 13.2 Å². The molecule has 6 N–H and O–H groups in total. The first-order valence-corrected chi connectivity index (χ1v) is 13.1. The second-order valence-corrected chi connectivity index (χ2v) is 10.9. The highest BCUT2D eigenvalue weighted by atomic mass is 32.1. The van der Waals surface area contributed by atoms with Gasteiger partial charge in [-0.15, -0.1) is 11.3 Å². The van der Waals surface area contributed by atoms with E-state index in [1.807, 2.05) is 0 Å². The smallest absolute Gasteiger partial charge is 0.319 e. The number of rotatable bonds is 6. The second-order valence-electron chi connectivity index (χ2n) is 9.84. The van der Waals surface area contributed by atoms with Crippen molar-refractivity contribution in [2.75, 3.05) is 37.8 Å². The van der Waals surface area contributed by atoms with Gasteiger partial charge in [0.05, 0.1) is 26.5 Å². The quantitative estimate of drug-likeness (QED) is 0.281. The maximum absolute atomic E-state index is 16.2. The van der Waals surface area contributed by atoms with Crippen LogP contribution in [0.3, 0.4) is 0 Å². The average molecular weight is 560 g/mol. The van der Waals surface area contributed by atoms with Crippen LogP contribution in [0.4, 0.5) is 24.0 Å². The molecule has 10 nitrogen and oxygen atoms in total. The Morgan fingerprint density at radius 1 is 1.33 bits per heavy atom. The summed E-state index contributed by atoms with van der Waals surface area (Å²) < 4.78 is 50.8. The molecule has 1 aromatic carbocycles. The lowest BCUT2D eigenvalue weighted by Crippen LogP contribution is -2.43. The molecule has 4 aromatic rings. The molecule has 2 aliphatic rings. The SMILES string of the molecule is CNc1nc(OC[C@@]23CCCN2C[C@H](F)C3)nc2c(F)c(-c3ccc(F)c4sc(N)c(C(N)=O)c34)[nH]c(=O)c12. The number of aromatic nitrogens is 3. The van der Waals surface area contributed by atoms with Crippen LogP contribution in [0, 0.1) is 11.6 Å². The number of benzene rings is 1. The third kappa shape index (κ3) is 3.88. The predicted octanol–water partition coefficient (Wildman–Crippen LogP) is 3.16. The number of aromatic amines is 1. The third-order valence-corrected chi connectivity index (χ3v) is 8.61. The van der Waals surface area contributed by atoms with Gasteiger partial charge in [0.1, 0.15) is 35.3 Å². The Labute approximate surface area is 223 Å². The number of fused-ring (bicyclic) bond motifs is 3. The van der Waals surface area contributed by atoms with Gasteiger partial charge in [-0.1, -0.05) is 0 Å². The monoisotopic (exact) mass is 559 g/mol. The molecule has 0 unspecified atom stereocenters. The molecule has 2 atom stereocenters. The summed E-state index contributed by atoms with van der Waals surface area (Å²) in [6.45, 7) is 1.21. The highest BCUT2D eigenvalue weighted by molar-refractivity contribution is 7.23. The summed E-state index contributed by atoms with van der Waals surface area (Å²) in [5.41, 5.74) is 9.37. The molecule has 0 saturated carbocycles. The Kier molecular flexibility index (Phi) is 5.91. The number of carbonyl (C=O) groups is 1. The van der Waals surface area contributed by atoms with E-state index in [1.165, 1.54) is 13.1 Å². The molecular formula is C25H24F3N7O3S. The van der Waals surface area contributed by atoms with Gasteiger partial charge in [0.15, 0.2) is 5.82 Å². The first-order valence-electron chi connectivity index (χ1n) is 12.3. The number of halogens is 3. The zero-order chi connectivity index (χ0) is 27.6. The molecule has 3 aromatic heterocycles. The van der Waals surface area contributed by atoms with Gasteiger partial charge in [-0.3, -0.25) is 14.5 Å². The number of hydrogen-bond donors (Lipinski definition) is 4. The Balaban J connectivity index is 1.50. The van der Waals surface area contributed by atoms with Crippen LogP contribution >= 0.6 is 11.3 Å². The number of ether oxygens (including phenoxy) is 1. The summed E-state index contributed by atoms with van der Waals surface area (Å²) in [5, 5.41) is 2.56. The summed E-state index contributed by atoms with van der Waals surface area (Å²) in [7, 11) is 1.51. The molecule has 2 saturated heterocycles. The van der Waals surface area contributed by atoms with E-state index < -0.39 is 34.8 Å². The number of pyridine rings is 1. The minimum absolute atomic E-state index is 0.00938. The summed E-state index contributed by atoms with van der Waals surface area (Å²) >= 11 is 0.792. The number of alkyl halides is 1. The normalized spacial score (nSPS) is 21.1. The number of nitrogens with one attached hydrogen (secondary N) is 2. The van der Waals surface area contributed by atoms with Gasteiger partial charge in [-0.05, 0) is 31.5 Å². The lowest BCUT2D eigenvalue weighted by Gasteiger charge is -2.30. The van der Waals surface area contributed by atoms with E-state index in [4.69, 9.17) is 16.2 Å². The molecule has 0 radical (unpaired) electrons. The standard InChI is InChI=1S/C25H24F3N7O3S/c1-31-22-15-18(33-24(34-22)38-9-25-5-2-6-35(25)8-10(26)7-25)16(28)17(32-23(15)37)11-3-4-12(27)19-13(11)14(20(29)36)21(30)39-19/h3-4,10H,2,5-9,30H2,1H3,(H2,29,36)(H,32,37)(H,31,33,34)/t10-,25+/m1/s1. The van der Waals surface area contributed by atoms with Crippen LogP contribution in [-0.2, 0) is 0 Å². The number of amides is 1. The molecule has 0 bridgehead atoms. The fourth-order valence-corrected chi connectivity index (χ4v) is 6.89. The minimum Gasteiger partial charge on any atom is -0.461 e. The molecule has 14 heteroatoms. The maximum atomic E-state index is 16.2. The van der Waals surface area contributed by atoms with Crippen LogP contribution in [0.2, 0.25) is 0 Å². The van der Waals surface area contributed by atoms with Crippen LogP contribution in [0.5, 0.6) is 6.01 Å². The zero-order valence-corrected chi connectivity index (χ0v) is 21.6. The Morgan fingerprint density at radius 3 is 2.87 bits per heavy atom. The van der Waals surface area contributed by atoms with Gasteiger partial charge in [-0.2, -0.15) is 9.97 Å². The van der Waals surface area contributed by atoms with Gasteiger partial charge in [0, 0.05) is 31.0 Å². The summed E-state index contributed by atoms with van der Waals surface area (Å²) in [6.07, 6.45) is 1.03. The second kappa shape index (κ2) is 9.09. The van der Waals surface area contributed by atoms with Gasteiger partial charge in [0.2, 0.25) is 0 Å². The van der Waals surface area contributed by atoms with E-state index >= 15 is 4.39 Å². The molecule has 0 aliphatic carbocycles. The fourth-order valence-electron chi connectivity index (χ4n) is 5.88. The van der Waals surface area contributed by atoms with Crippen molar-refractivity contribution in [3.63, 3.8) is 0 Å². The molecule has 6 rings (SSSR count). The van der Waals surface area contributed by atoms with Crippen molar-refractivity contribution in [1.29, 1.82) is 0 Å². The van der Waals surface area contributed by atoms with Crippen molar-refractivity contribution in [1.82, 2.24) is 19.9 Å². The van der Waals surface area contributed by atoms with Gasteiger partial charge < -0.3 is 26.5 Å². The largest absolute Gasteiger partial charge is 0.461 e. The zero-order valence-electron chi connectivity index (χ0n) is 20.7. The molecule has 39 heavy (non-hydrogen) atoms. The van der Waals surface area contributed by atoms with Crippen molar-refractivity contribution >= 4 is 49.1 Å². The van der Waals surface area contributed by atoms with E-state index in [-0.39, 0.29) is 61.2 Å². The van der Waals surface area contributed by atoms with E-state index in [0.717, 1.165) is 36.8 Å². The predicted molar refractivity (Wildman–Crippen MR) is 142 cm³/mol. The first-order chi connectivity index (χ1) is 18.6. The third-order valence-electron chi connectivity index (χ3n) is 7.58. The molecule has 0 spiro atoms. The summed E-state index contributed by atoms with van der Waals surface area (Å²) in [4.78, 5) is 38.3.